The van der Waals surface area contributed by atoms with Crippen LogP contribution in [0.25, 0.3) is 0 Å². The van der Waals surface area contributed by atoms with Crippen molar-refractivity contribution in [1.82, 2.24) is 10.6 Å². The number of nitrogens with zero attached hydrogens (tertiary/aromatic N) is 1. The van der Waals surface area contributed by atoms with Gasteiger partial charge in [-0.1, -0.05) is 6.42 Å². The molecular weight excluding hydrogens is 437 g/mol. The number of unbranched alkanes of at least 4 members (excludes halogenated alkanes) is 2. The smallest absolute Gasteiger partial charge is 0.305 e. The summed E-state index contributed by atoms with van der Waals surface area (Å²) in [6.07, 6.45) is 5.43. The average molecular weight is 471 g/mol. The maximum Gasteiger partial charge on any atom is 0.305 e. The third-order valence-corrected chi connectivity index (χ3v) is 3.94. The molecule has 0 spiro atoms. The van der Waals surface area contributed by atoms with Crippen molar-refractivity contribution in [2.24, 2.45) is 10.9 Å². The number of ether oxygens (including phenoxy) is 3. The standard InChI is InChI=1S/C17H33N3O4.HI/c1-18-17(19-9-5-3-4-7-16(21)22-2)20-10-6-11-23-13-15-8-12-24-14-15;/h15H,3-14H2,1-2H3,(H2,18,19,20);1H. The first kappa shape index (κ1) is 24.4. The van der Waals surface area contributed by atoms with Gasteiger partial charge in [0.05, 0.1) is 20.3 Å². The zero-order valence-corrected chi connectivity index (χ0v) is 17.9. The second-order valence-corrected chi connectivity index (χ2v) is 5.97. The summed E-state index contributed by atoms with van der Waals surface area (Å²) in [5.74, 6) is 1.25. The molecule has 2 N–H and O–H groups in total. The van der Waals surface area contributed by atoms with Gasteiger partial charge >= 0.3 is 5.97 Å². The Kier molecular flexibility index (Phi) is 16.4. The van der Waals surface area contributed by atoms with E-state index in [2.05, 4.69) is 20.4 Å². The van der Waals surface area contributed by atoms with Gasteiger partial charge in [-0.3, -0.25) is 9.79 Å². The Morgan fingerprint density at radius 2 is 1.96 bits per heavy atom. The summed E-state index contributed by atoms with van der Waals surface area (Å²) in [4.78, 5) is 15.2. The molecule has 1 rings (SSSR count). The molecule has 1 unspecified atom stereocenters. The molecule has 25 heavy (non-hydrogen) atoms. The molecule has 7 nitrogen and oxygen atoms in total. The maximum atomic E-state index is 11.0. The van der Waals surface area contributed by atoms with Crippen molar-refractivity contribution in [3.05, 3.63) is 0 Å². The summed E-state index contributed by atoms with van der Waals surface area (Å²) in [5, 5.41) is 6.55. The Hall–Kier alpha value is -0.610. The SMILES string of the molecule is CN=C(NCCCCCC(=O)OC)NCCCOCC1CCOC1.I. The van der Waals surface area contributed by atoms with Crippen LogP contribution in [0.15, 0.2) is 4.99 Å². The summed E-state index contributed by atoms with van der Waals surface area (Å²) in [5.41, 5.74) is 0. The number of carbonyl (C=O) groups is 1. The molecule has 1 saturated heterocycles. The number of methoxy groups -OCH3 is 1. The molecule has 0 aromatic heterocycles. The summed E-state index contributed by atoms with van der Waals surface area (Å²) in [6, 6.07) is 0. The molecule has 1 aliphatic rings. The van der Waals surface area contributed by atoms with Crippen LogP contribution in [0.5, 0.6) is 0 Å². The number of guanidine groups is 1. The van der Waals surface area contributed by atoms with Gasteiger partial charge in [0.25, 0.3) is 0 Å². The first-order valence-corrected chi connectivity index (χ1v) is 8.93. The first-order chi connectivity index (χ1) is 11.8. The fourth-order valence-corrected chi connectivity index (χ4v) is 2.45. The highest BCUT2D eigenvalue weighted by molar-refractivity contribution is 14.0. The Bertz CT molecular complexity index is 364. The van der Waals surface area contributed by atoms with Gasteiger partial charge in [0, 0.05) is 45.7 Å². The van der Waals surface area contributed by atoms with Crippen molar-refractivity contribution in [1.29, 1.82) is 0 Å². The lowest BCUT2D eigenvalue weighted by atomic mass is 10.1. The minimum Gasteiger partial charge on any atom is -0.469 e. The van der Waals surface area contributed by atoms with Crippen LogP contribution in [-0.2, 0) is 19.0 Å². The van der Waals surface area contributed by atoms with Crippen molar-refractivity contribution in [2.75, 3.05) is 53.7 Å². The number of aliphatic imine (C=N–C) groups is 1. The van der Waals surface area contributed by atoms with Gasteiger partial charge in [-0.2, -0.15) is 0 Å². The minimum absolute atomic E-state index is 0. The number of nitrogens with one attached hydrogen (secondary N) is 2. The van der Waals surface area contributed by atoms with Crippen LogP contribution in [-0.4, -0.2) is 65.6 Å². The van der Waals surface area contributed by atoms with Crippen LogP contribution >= 0.6 is 24.0 Å². The number of rotatable bonds is 12. The highest BCUT2D eigenvalue weighted by atomic mass is 127. The van der Waals surface area contributed by atoms with Gasteiger partial charge in [0.15, 0.2) is 5.96 Å². The zero-order valence-electron chi connectivity index (χ0n) is 15.6. The van der Waals surface area contributed by atoms with Crippen molar-refractivity contribution in [2.45, 2.75) is 38.5 Å². The fourth-order valence-electron chi connectivity index (χ4n) is 2.45. The molecule has 0 radical (unpaired) electrons. The molecule has 0 aliphatic carbocycles. The van der Waals surface area contributed by atoms with Gasteiger partial charge in [0.2, 0.25) is 0 Å². The van der Waals surface area contributed by atoms with Crippen LogP contribution in [0.2, 0.25) is 0 Å². The Morgan fingerprint density at radius 1 is 1.20 bits per heavy atom. The molecule has 148 valence electrons. The Balaban J connectivity index is 0.00000576. The highest BCUT2D eigenvalue weighted by Gasteiger charge is 2.15. The van der Waals surface area contributed by atoms with E-state index < -0.39 is 0 Å². The summed E-state index contributed by atoms with van der Waals surface area (Å²) in [6.45, 7) is 4.96. The molecule has 0 aromatic rings. The average Bonchev–Trinajstić information content (AvgIpc) is 3.12. The van der Waals surface area contributed by atoms with E-state index in [0.29, 0.717) is 12.3 Å². The van der Waals surface area contributed by atoms with Crippen molar-refractivity contribution < 1.29 is 19.0 Å². The predicted molar refractivity (Wildman–Crippen MR) is 110 cm³/mol. The number of halogens is 1. The number of carbonyl (C=O) groups excluding carboxylic acids is 1. The van der Waals surface area contributed by atoms with Gasteiger partial charge in [-0.25, -0.2) is 0 Å². The lowest BCUT2D eigenvalue weighted by Gasteiger charge is -2.12. The lowest BCUT2D eigenvalue weighted by Crippen LogP contribution is -2.38. The molecule has 0 saturated carbocycles. The second kappa shape index (κ2) is 16.8. The van der Waals surface area contributed by atoms with E-state index >= 15 is 0 Å². The second-order valence-electron chi connectivity index (χ2n) is 5.97. The van der Waals surface area contributed by atoms with Gasteiger partial charge in [-0.05, 0) is 25.7 Å². The van der Waals surface area contributed by atoms with E-state index in [9.17, 15) is 4.79 Å². The monoisotopic (exact) mass is 471 g/mol. The molecule has 1 aliphatic heterocycles. The number of hydrogen-bond acceptors (Lipinski definition) is 5. The summed E-state index contributed by atoms with van der Waals surface area (Å²) in [7, 11) is 3.19. The number of esters is 1. The largest absolute Gasteiger partial charge is 0.469 e. The normalized spacial score (nSPS) is 17.0. The quantitative estimate of drug-likeness (QED) is 0.149. The molecule has 0 aromatic carbocycles. The van der Waals surface area contributed by atoms with Crippen LogP contribution in [0.1, 0.15) is 38.5 Å². The molecule has 0 amide bonds. The lowest BCUT2D eigenvalue weighted by molar-refractivity contribution is -0.140. The Morgan fingerprint density at radius 3 is 2.60 bits per heavy atom. The van der Waals surface area contributed by atoms with Crippen LogP contribution in [0.3, 0.4) is 0 Å². The van der Waals surface area contributed by atoms with Crippen molar-refractivity contribution >= 4 is 35.9 Å². The maximum absolute atomic E-state index is 11.0. The van der Waals surface area contributed by atoms with E-state index in [4.69, 9.17) is 9.47 Å². The van der Waals surface area contributed by atoms with E-state index in [-0.39, 0.29) is 29.9 Å². The van der Waals surface area contributed by atoms with E-state index in [1.165, 1.54) is 7.11 Å². The van der Waals surface area contributed by atoms with Crippen LogP contribution in [0.4, 0.5) is 0 Å². The van der Waals surface area contributed by atoms with Crippen molar-refractivity contribution in [3.8, 4) is 0 Å². The fraction of sp³-hybridized carbons (Fsp3) is 0.882. The molecule has 1 atom stereocenters. The van der Waals surface area contributed by atoms with Gasteiger partial charge < -0.3 is 24.8 Å². The molecule has 1 fully saturated rings. The molecule has 0 bridgehead atoms. The summed E-state index contributed by atoms with van der Waals surface area (Å²) >= 11 is 0. The minimum atomic E-state index is -0.136. The molecule has 1 heterocycles. The molecule has 8 heteroatoms. The van der Waals surface area contributed by atoms with Gasteiger partial charge in [0.1, 0.15) is 0 Å². The van der Waals surface area contributed by atoms with Crippen LogP contribution in [0, 0.1) is 5.92 Å². The van der Waals surface area contributed by atoms with E-state index in [1.54, 1.807) is 7.05 Å². The Labute approximate surface area is 168 Å². The van der Waals surface area contributed by atoms with E-state index in [0.717, 1.165) is 77.6 Å². The topological polar surface area (TPSA) is 81.2 Å². The third-order valence-electron chi connectivity index (χ3n) is 3.94. The van der Waals surface area contributed by atoms with Crippen molar-refractivity contribution in [3.63, 3.8) is 0 Å². The van der Waals surface area contributed by atoms with Gasteiger partial charge in [-0.15, -0.1) is 24.0 Å². The predicted octanol–water partition coefficient (Wildman–Crippen LogP) is 1.95. The van der Waals surface area contributed by atoms with E-state index in [1.807, 2.05) is 0 Å². The zero-order chi connectivity index (χ0) is 17.5. The highest BCUT2D eigenvalue weighted by Crippen LogP contribution is 2.12. The summed E-state index contributed by atoms with van der Waals surface area (Å²) < 4.78 is 15.6. The first-order valence-electron chi connectivity index (χ1n) is 8.93. The number of hydrogen-bond donors (Lipinski definition) is 2. The van der Waals surface area contributed by atoms with Crippen LogP contribution < -0.4 is 10.6 Å². The third kappa shape index (κ3) is 13.3. The molecular formula is C17H34IN3O4.